The number of hydrogen-bond donors (Lipinski definition) is 2. The summed E-state index contributed by atoms with van der Waals surface area (Å²) < 4.78 is 6.64. The quantitative estimate of drug-likeness (QED) is 0.885. The number of carbonyl (C=O) groups is 1. The fraction of sp³-hybridized carbons (Fsp3) is 0.533. The molecule has 0 radical (unpaired) electrons. The highest BCUT2D eigenvalue weighted by molar-refractivity contribution is 9.10. The predicted molar refractivity (Wildman–Crippen MR) is 82.9 cm³/mol. The average Bonchev–Trinajstić information content (AvgIpc) is 2.41. The van der Waals surface area contributed by atoms with Gasteiger partial charge in [0.25, 0.3) is 5.91 Å². The monoisotopic (exact) mass is 340 g/mol. The third-order valence-corrected chi connectivity index (χ3v) is 3.99. The molecule has 1 aliphatic heterocycles. The summed E-state index contributed by atoms with van der Waals surface area (Å²) in [5, 5.41) is 6.44. The molecule has 110 valence electrons. The summed E-state index contributed by atoms with van der Waals surface area (Å²) >= 11 is 3.37. The third kappa shape index (κ3) is 4.49. The van der Waals surface area contributed by atoms with Crippen LogP contribution in [-0.4, -0.2) is 30.6 Å². The molecule has 2 N–H and O–H groups in total. The summed E-state index contributed by atoms with van der Waals surface area (Å²) in [5.74, 6) is 0.654. The first-order chi connectivity index (χ1) is 9.54. The first-order valence-corrected chi connectivity index (χ1v) is 7.80. The van der Waals surface area contributed by atoms with E-state index in [4.69, 9.17) is 4.74 Å². The number of nitrogens with one attached hydrogen (secondary N) is 2. The predicted octanol–water partition coefficient (Wildman–Crippen LogP) is 2.47. The van der Waals surface area contributed by atoms with E-state index in [0.29, 0.717) is 11.8 Å². The number of amides is 1. The number of halogens is 1. The van der Waals surface area contributed by atoms with E-state index in [1.54, 1.807) is 6.92 Å². The molecular formula is C15H21BrN2O2. The number of hydrogen-bond acceptors (Lipinski definition) is 3. The van der Waals surface area contributed by atoms with E-state index in [0.717, 1.165) is 23.9 Å². The molecule has 0 spiro atoms. The van der Waals surface area contributed by atoms with Crippen molar-refractivity contribution in [1.82, 2.24) is 10.6 Å². The Bertz CT molecular complexity index is 450. The molecule has 1 fully saturated rings. The van der Waals surface area contributed by atoms with Crippen molar-refractivity contribution < 1.29 is 9.53 Å². The summed E-state index contributed by atoms with van der Waals surface area (Å²) in [6, 6.07) is 8.19. The maximum atomic E-state index is 12.1. The van der Waals surface area contributed by atoms with Gasteiger partial charge in [-0.15, -0.1) is 0 Å². The summed E-state index contributed by atoms with van der Waals surface area (Å²) in [5.41, 5.74) is 0. The maximum absolute atomic E-state index is 12.1. The van der Waals surface area contributed by atoms with Gasteiger partial charge in [0.15, 0.2) is 6.10 Å². The van der Waals surface area contributed by atoms with Gasteiger partial charge in [0.05, 0.1) is 0 Å². The minimum absolute atomic E-state index is 0.0491. The van der Waals surface area contributed by atoms with Gasteiger partial charge in [0, 0.05) is 16.6 Å². The lowest BCUT2D eigenvalue weighted by molar-refractivity contribution is -0.128. The molecule has 5 heteroatoms. The molecule has 1 saturated heterocycles. The maximum Gasteiger partial charge on any atom is 0.260 e. The van der Waals surface area contributed by atoms with E-state index in [1.165, 1.54) is 0 Å². The van der Waals surface area contributed by atoms with Gasteiger partial charge in [-0.1, -0.05) is 15.9 Å². The lowest BCUT2D eigenvalue weighted by Gasteiger charge is -2.29. The van der Waals surface area contributed by atoms with Crippen molar-refractivity contribution in [2.45, 2.75) is 44.9 Å². The molecular weight excluding hydrogens is 320 g/mol. The van der Waals surface area contributed by atoms with Crippen molar-refractivity contribution in [3.05, 3.63) is 28.7 Å². The highest BCUT2D eigenvalue weighted by atomic mass is 79.9. The van der Waals surface area contributed by atoms with E-state index in [1.807, 2.05) is 24.3 Å². The van der Waals surface area contributed by atoms with E-state index in [-0.39, 0.29) is 11.9 Å². The van der Waals surface area contributed by atoms with Crippen LogP contribution < -0.4 is 15.4 Å². The SMILES string of the molecule is CC1CC(NC(=O)C(C)Oc2ccc(Br)cc2)CCN1. The van der Waals surface area contributed by atoms with Crippen LogP contribution >= 0.6 is 15.9 Å². The van der Waals surface area contributed by atoms with Crippen molar-refractivity contribution in [3.8, 4) is 5.75 Å². The van der Waals surface area contributed by atoms with Gasteiger partial charge in [-0.2, -0.15) is 0 Å². The zero-order valence-electron chi connectivity index (χ0n) is 11.9. The second kappa shape index (κ2) is 7.09. The summed E-state index contributed by atoms with van der Waals surface area (Å²) in [7, 11) is 0. The summed E-state index contributed by atoms with van der Waals surface area (Å²) in [6.07, 6.45) is 1.46. The van der Waals surface area contributed by atoms with Gasteiger partial charge in [-0.05, 0) is 57.5 Å². The molecule has 1 aromatic carbocycles. The van der Waals surface area contributed by atoms with Crippen LogP contribution in [0.15, 0.2) is 28.7 Å². The van der Waals surface area contributed by atoms with Crippen LogP contribution in [-0.2, 0) is 4.79 Å². The highest BCUT2D eigenvalue weighted by Gasteiger charge is 2.23. The Morgan fingerprint density at radius 1 is 1.45 bits per heavy atom. The summed E-state index contributed by atoms with van der Waals surface area (Å²) in [6.45, 7) is 4.87. The minimum Gasteiger partial charge on any atom is -0.481 e. The number of ether oxygens (including phenoxy) is 1. The van der Waals surface area contributed by atoms with Crippen molar-refractivity contribution in [2.24, 2.45) is 0 Å². The largest absolute Gasteiger partial charge is 0.481 e. The Kier molecular flexibility index (Phi) is 5.43. The molecule has 3 unspecified atom stereocenters. The van der Waals surface area contributed by atoms with Crippen LogP contribution in [0.1, 0.15) is 26.7 Å². The van der Waals surface area contributed by atoms with E-state index in [2.05, 4.69) is 33.5 Å². The molecule has 1 heterocycles. The molecule has 20 heavy (non-hydrogen) atoms. The van der Waals surface area contributed by atoms with Gasteiger partial charge in [0.2, 0.25) is 0 Å². The molecule has 1 aromatic rings. The van der Waals surface area contributed by atoms with Gasteiger partial charge in [-0.25, -0.2) is 0 Å². The van der Waals surface area contributed by atoms with Crippen molar-refractivity contribution in [2.75, 3.05) is 6.54 Å². The van der Waals surface area contributed by atoms with E-state index < -0.39 is 6.10 Å². The number of benzene rings is 1. The van der Waals surface area contributed by atoms with Gasteiger partial charge in [0.1, 0.15) is 5.75 Å². The zero-order valence-corrected chi connectivity index (χ0v) is 13.4. The molecule has 0 aliphatic carbocycles. The molecule has 3 atom stereocenters. The van der Waals surface area contributed by atoms with Crippen molar-refractivity contribution in [1.29, 1.82) is 0 Å². The Morgan fingerprint density at radius 2 is 2.15 bits per heavy atom. The first-order valence-electron chi connectivity index (χ1n) is 7.00. The molecule has 1 amide bonds. The van der Waals surface area contributed by atoms with Gasteiger partial charge >= 0.3 is 0 Å². The highest BCUT2D eigenvalue weighted by Crippen LogP contribution is 2.17. The van der Waals surface area contributed by atoms with Crippen LogP contribution in [0.2, 0.25) is 0 Å². The van der Waals surface area contributed by atoms with Gasteiger partial charge < -0.3 is 15.4 Å². The van der Waals surface area contributed by atoms with Crippen LogP contribution in [0, 0.1) is 0 Å². The number of piperidine rings is 1. The third-order valence-electron chi connectivity index (χ3n) is 3.47. The lowest BCUT2D eigenvalue weighted by Crippen LogP contribution is -2.49. The Hall–Kier alpha value is -1.07. The normalized spacial score (nSPS) is 23.9. The molecule has 1 aliphatic rings. The first kappa shape index (κ1) is 15.3. The molecule has 0 aromatic heterocycles. The van der Waals surface area contributed by atoms with Gasteiger partial charge in [-0.3, -0.25) is 4.79 Å². The topological polar surface area (TPSA) is 50.4 Å². The van der Waals surface area contributed by atoms with E-state index in [9.17, 15) is 4.79 Å². The number of carbonyl (C=O) groups excluding carboxylic acids is 1. The molecule has 0 bridgehead atoms. The van der Waals surface area contributed by atoms with Crippen LogP contribution in [0.25, 0.3) is 0 Å². The van der Waals surface area contributed by atoms with Crippen LogP contribution in [0.5, 0.6) is 5.75 Å². The second-order valence-electron chi connectivity index (χ2n) is 5.30. The average molecular weight is 341 g/mol. The Morgan fingerprint density at radius 3 is 2.80 bits per heavy atom. The minimum atomic E-state index is -0.485. The second-order valence-corrected chi connectivity index (χ2v) is 6.21. The van der Waals surface area contributed by atoms with Crippen LogP contribution in [0.4, 0.5) is 0 Å². The standard InChI is InChI=1S/C15H21BrN2O2/c1-10-9-13(7-8-17-10)18-15(19)11(2)20-14-5-3-12(16)4-6-14/h3-6,10-11,13,17H,7-9H2,1-2H3,(H,18,19). The summed E-state index contributed by atoms with van der Waals surface area (Å²) in [4.78, 5) is 12.1. The zero-order chi connectivity index (χ0) is 14.5. The number of rotatable bonds is 4. The van der Waals surface area contributed by atoms with Crippen LogP contribution in [0.3, 0.4) is 0 Å². The fourth-order valence-electron chi connectivity index (χ4n) is 2.35. The fourth-order valence-corrected chi connectivity index (χ4v) is 2.62. The molecule has 4 nitrogen and oxygen atoms in total. The van der Waals surface area contributed by atoms with Crippen molar-refractivity contribution in [3.63, 3.8) is 0 Å². The lowest BCUT2D eigenvalue weighted by atomic mass is 10.0. The molecule has 0 saturated carbocycles. The Balaban J connectivity index is 1.83. The smallest absolute Gasteiger partial charge is 0.260 e. The molecule has 2 rings (SSSR count). The Labute approximate surface area is 128 Å². The van der Waals surface area contributed by atoms with Crippen molar-refractivity contribution >= 4 is 21.8 Å². The van der Waals surface area contributed by atoms with E-state index >= 15 is 0 Å².